The molecule has 0 saturated carbocycles. The molecule has 0 aliphatic heterocycles. The summed E-state index contributed by atoms with van der Waals surface area (Å²) < 4.78 is 5.79. The van der Waals surface area contributed by atoms with Gasteiger partial charge in [-0.2, -0.15) is 11.8 Å². The lowest BCUT2D eigenvalue weighted by atomic mass is 10.1. The fourth-order valence-electron chi connectivity index (χ4n) is 2.59. The Kier molecular flexibility index (Phi) is 5.48. The van der Waals surface area contributed by atoms with Crippen molar-refractivity contribution in [1.29, 1.82) is 0 Å². The van der Waals surface area contributed by atoms with Gasteiger partial charge in [-0.05, 0) is 36.6 Å². The molecule has 2 aromatic carbocycles. The van der Waals surface area contributed by atoms with Gasteiger partial charge in [-0.3, -0.25) is 4.79 Å². The summed E-state index contributed by atoms with van der Waals surface area (Å²) in [4.78, 5) is 24.0. The molecule has 1 heterocycles. The molecule has 1 aromatic heterocycles. The van der Waals surface area contributed by atoms with Crippen LogP contribution in [0, 0.1) is 0 Å². The smallest absolute Gasteiger partial charge is 0.318 e. The minimum absolute atomic E-state index is 0.294. The molecule has 0 unspecified atom stereocenters. The average molecular weight is 369 g/mol. The standard InChI is InChI=1S/C19H19N3O3S/c1-20-19(24)22-13-9-7-12(8-10-13)21-18(23)17-15(11-26-2)14-5-3-4-6-16(14)25-17/h3-10H,11H2,1-2H3,(H,21,23)(H2,20,22,24). The van der Waals surface area contributed by atoms with E-state index in [0.717, 1.165) is 10.9 Å². The van der Waals surface area contributed by atoms with Crippen LogP contribution in [0.15, 0.2) is 52.9 Å². The Balaban J connectivity index is 1.80. The van der Waals surface area contributed by atoms with Gasteiger partial charge in [0.25, 0.3) is 5.91 Å². The topological polar surface area (TPSA) is 83.4 Å². The predicted octanol–water partition coefficient (Wildman–Crippen LogP) is 4.30. The van der Waals surface area contributed by atoms with E-state index in [1.165, 1.54) is 0 Å². The maximum Gasteiger partial charge on any atom is 0.318 e. The maximum atomic E-state index is 12.7. The van der Waals surface area contributed by atoms with E-state index in [1.54, 1.807) is 43.1 Å². The summed E-state index contributed by atoms with van der Waals surface area (Å²) in [5, 5.41) is 8.94. The number of hydrogen-bond donors (Lipinski definition) is 3. The van der Waals surface area contributed by atoms with E-state index in [1.807, 2.05) is 30.5 Å². The van der Waals surface area contributed by atoms with Crippen molar-refractivity contribution in [2.75, 3.05) is 23.9 Å². The van der Waals surface area contributed by atoms with E-state index in [0.29, 0.717) is 28.5 Å². The number of benzene rings is 2. The number of furan rings is 1. The van der Waals surface area contributed by atoms with Gasteiger partial charge in [0, 0.05) is 35.1 Å². The summed E-state index contributed by atoms with van der Waals surface area (Å²) in [5.74, 6) is 0.722. The summed E-state index contributed by atoms with van der Waals surface area (Å²) in [6, 6.07) is 14.2. The highest BCUT2D eigenvalue weighted by atomic mass is 32.2. The molecule has 134 valence electrons. The molecule has 0 spiro atoms. The third-order valence-electron chi connectivity index (χ3n) is 3.82. The molecule has 0 saturated heterocycles. The van der Waals surface area contributed by atoms with Crippen molar-refractivity contribution in [2.24, 2.45) is 0 Å². The van der Waals surface area contributed by atoms with Crippen LogP contribution in [-0.2, 0) is 5.75 Å². The van der Waals surface area contributed by atoms with Crippen molar-refractivity contribution in [1.82, 2.24) is 5.32 Å². The fraction of sp³-hybridized carbons (Fsp3) is 0.158. The van der Waals surface area contributed by atoms with Crippen LogP contribution >= 0.6 is 11.8 Å². The number of nitrogens with one attached hydrogen (secondary N) is 3. The Morgan fingerprint density at radius 2 is 1.65 bits per heavy atom. The lowest BCUT2D eigenvalue weighted by molar-refractivity contribution is 0.0998. The number of carbonyl (C=O) groups is 2. The molecule has 0 aliphatic rings. The van der Waals surface area contributed by atoms with Crippen LogP contribution in [0.2, 0.25) is 0 Å². The molecule has 3 N–H and O–H groups in total. The molecule has 3 aromatic rings. The van der Waals surface area contributed by atoms with Gasteiger partial charge >= 0.3 is 6.03 Å². The third-order valence-corrected chi connectivity index (χ3v) is 4.40. The molecule has 0 aliphatic carbocycles. The highest BCUT2D eigenvalue weighted by Gasteiger charge is 2.20. The normalized spacial score (nSPS) is 10.5. The highest BCUT2D eigenvalue weighted by Crippen LogP contribution is 2.29. The molecule has 0 atom stereocenters. The van der Waals surface area contributed by atoms with Gasteiger partial charge in [0.1, 0.15) is 5.58 Å². The van der Waals surface area contributed by atoms with Crippen molar-refractivity contribution in [2.45, 2.75) is 5.75 Å². The number of anilines is 2. The molecule has 3 rings (SSSR count). The van der Waals surface area contributed by atoms with Crippen molar-refractivity contribution < 1.29 is 14.0 Å². The van der Waals surface area contributed by atoms with E-state index in [9.17, 15) is 9.59 Å². The second kappa shape index (κ2) is 7.97. The number of fused-ring (bicyclic) bond motifs is 1. The first-order valence-corrected chi connectivity index (χ1v) is 9.41. The minimum Gasteiger partial charge on any atom is -0.451 e. The van der Waals surface area contributed by atoms with Gasteiger partial charge in [-0.1, -0.05) is 18.2 Å². The Morgan fingerprint density at radius 3 is 2.31 bits per heavy atom. The van der Waals surface area contributed by atoms with E-state index in [2.05, 4.69) is 16.0 Å². The fourth-order valence-corrected chi connectivity index (χ4v) is 3.16. The van der Waals surface area contributed by atoms with Crippen LogP contribution in [0.5, 0.6) is 0 Å². The predicted molar refractivity (Wildman–Crippen MR) is 106 cm³/mol. The highest BCUT2D eigenvalue weighted by molar-refractivity contribution is 7.97. The molecule has 6 nitrogen and oxygen atoms in total. The first-order valence-electron chi connectivity index (χ1n) is 8.02. The summed E-state index contributed by atoms with van der Waals surface area (Å²) >= 11 is 1.64. The van der Waals surface area contributed by atoms with Crippen LogP contribution < -0.4 is 16.0 Å². The number of amides is 3. The Morgan fingerprint density at radius 1 is 1.00 bits per heavy atom. The van der Waals surface area contributed by atoms with Crippen molar-refractivity contribution in [3.05, 3.63) is 59.9 Å². The number of urea groups is 1. The van der Waals surface area contributed by atoms with Crippen LogP contribution in [0.25, 0.3) is 11.0 Å². The SMILES string of the molecule is CNC(=O)Nc1ccc(NC(=O)c2oc3ccccc3c2CSC)cc1. The van der Waals surface area contributed by atoms with Gasteiger partial charge in [0.05, 0.1) is 0 Å². The molecular weight excluding hydrogens is 350 g/mol. The third kappa shape index (κ3) is 3.83. The molecule has 3 amide bonds. The monoisotopic (exact) mass is 369 g/mol. The maximum absolute atomic E-state index is 12.7. The minimum atomic E-state index is -0.300. The zero-order chi connectivity index (χ0) is 18.5. The van der Waals surface area contributed by atoms with Crippen LogP contribution in [0.1, 0.15) is 16.1 Å². The zero-order valence-electron chi connectivity index (χ0n) is 14.5. The largest absolute Gasteiger partial charge is 0.451 e. The van der Waals surface area contributed by atoms with Crippen molar-refractivity contribution in [3.8, 4) is 0 Å². The quantitative estimate of drug-likeness (QED) is 0.626. The zero-order valence-corrected chi connectivity index (χ0v) is 15.3. The van der Waals surface area contributed by atoms with Crippen LogP contribution in [-0.4, -0.2) is 25.2 Å². The van der Waals surface area contributed by atoms with E-state index >= 15 is 0 Å². The number of thioether (sulfide) groups is 1. The molecule has 0 bridgehead atoms. The number of carbonyl (C=O) groups excluding carboxylic acids is 2. The molecule has 0 radical (unpaired) electrons. The van der Waals surface area contributed by atoms with E-state index in [4.69, 9.17) is 4.42 Å². The van der Waals surface area contributed by atoms with Gasteiger partial charge < -0.3 is 20.4 Å². The molecular formula is C19H19N3O3S. The van der Waals surface area contributed by atoms with E-state index < -0.39 is 0 Å². The van der Waals surface area contributed by atoms with Gasteiger partial charge in [0.15, 0.2) is 5.76 Å². The second-order valence-corrected chi connectivity index (χ2v) is 6.44. The van der Waals surface area contributed by atoms with Crippen LogP contribution in [0.4, 0.5) is 16.2 Å². The Hall–Kier alpha value is -2.93. The Labute approximate surface area is 155 Å². The lowest BCUT2D eigenvalue weighted by Crippen LogP contribution is -2.24. The molecule has 26 heavy (non-hydrogen) atoms. The number of para-hydroxylation sites is 1. The number of rotatable bonds is 5. The first-order chi connectivity index (χ1) is 12.6. The second-order valence-electron chi connectivity index (χ2n) is 5.57. The summed E-state index contributed by atoms with van der Waals surface area (Å²) in [5.41, 5.74) is 2.84. The van der Waals surface area contributed by atoms with Gasteiger partial charge in [-0.15, -0.1) is 0 Å². The van der Waals surface area contributed by atoms with Crippen LogP contribution in [0.3, 0.4) is 0 Å². The molecule has 7 heteroatoms. The van der Waals surface area contributed by atoms with Crippen molar-refractivity contribution in [3.63, 3.8) is 0 Å². The average Bonchev–Trinajstić information content (AvgIpc) is 3.02. The molecule has 0 fully saturated rings. The Bertz CT molecular complexity index is 935. The lowest BCUT2D eigenvalue weighted by Gasteiger charge is -2.07. The van der Waals surface area contributed by atoms with Crippen molar-refractivity contribution >= 4 is 46.0 Å². The van der Waals surface area contributed by atoms with E-state index in [-0.39, 0.29) is 11.9 Å². The summed E-state index contributed by atoms with van der Waals surface area (Å²) in [7, 11) is 1.55. The first kappa shape index (κ1) is 17.9. The summed E-state index contributed by atoms with van der Waals surface area (Å²) in [6.45, 7) is 0. The van der Waals surface area contributed by atoms with Gasteiger partial charge in [0.2, 0.25) is 0 Å². The van der Waals surface area contributed by atoms with Gasteiger partial charge in [-0.25, -0.2) is 4.79 Å². The summed E-state index contributed by atoms with van der Waals surface area (Å²) in [6.07, 6.45) is 1.99. The number of hydrogen-bond acceptors (Lipinski definition) is 4.